The van der Waals surface area contributed by atoms with Crippen molar-refractivity contribution in [3.05, 3.63) is 40.3 Å². The van der Waals surface area contributed by atoms with Gasteiger partial charge in [0.05, 0.1) is 11.3 Å². The summed E-state index contributed by atoms with van der Waals surface area (Å²) < 4.78 is 0. The zero-order valence-electron chi connectivity index (χ0n) is 8.42. The van der Waals surface area contributed by atoms with Crippen LogP contribution >= 0.6 is 0 Å². The number of rotatable bonds is 4. The van der Waals surface area contributed by atoms with E-state index in [0.717, 1.165) is 0 Å². The van der Waals surface area contributed by atoms with Gasteiger partial charge in [-0.3, -0.25) is 4.79 Å². The maximum Gasteiger partial charge on any atom is 0.224 e. The van der Waals surface area contributed by atoms with Crippen molar-refractivity contribution in [1.82, 2.24) is 0 Å². The van der Waals surface area contributed by atoms with Crippen LogP contribution in [0, 0.1) is 11.3 Å². The van der Waals surface area contributed by atoms with Crippen molar-refractivity contribution < 1.29 is 4.79 Å². The number of benzene rings is 1. The Labute approximate surface area is 92.1 Å². The third-order valence-corrected chi connectivity index (χ3v) is 1.82. The number of azide groups is 1. The lowest BCUT2D eigenvalue weighted by Crippen LogP contribution is -2.13. The first-order valence-electron chi connectivity index (χ1n) is 4.57. The molecule has 0 aliphatic carbocycles. The fraction of sp³-hybridized carbons (Fsp3) is 0.200. The standard InChI is InChI=1S/C10H9N5O/c11-7-8-3-1-2-4-9(8)14-10(16)5-6-13-15-12/h1-4H,5-6H2,(H,14,16). The first-order valence-corrected chi connectivity index (χ1v) is 4.57. The average molecular weight is 215 g/mol. The van der Waals surface area contributed by atoms with Gasteiger partial charge in [0.2, 0.25) is 5.91 Å². The van der Waals surface area contributed by atoms with Crippen LogP contribution in [-0.4, -0.2) is 12.5 Å². The molecule has 0 unspecified atom stereocenters. The molecule has 1 rings (SSSR count). The van der Waals surface area contributed by atoms with E-state index >= 15 is 0 Å². The van der Waals surface area contributed by atoms with Crippen LogP contribution in [0.5, 0.6) is 0 Å². The normalized spacial score (nSPS) is 8.69. The fourth-order valence-electron chi connectivity index (χ4n) is 1.10. The molecule has 0 aliphatic rings. The van der Waals surface area contributed by atoms with Gasteiger partial charge in [0.1, 0.15) is 6.07 Å². The molecule has 0 heterocycles. The molecule has 6 nitrogen and oxygen atoms in total. The molecular weight excluding hydrogens is 206 g/mol. The number of nitrogens with zero attached hydrogens (tertiary/aromatic N) is 4. The molecule has 0 fully saturated rings. The van der Waals surface area contributed by atoms with Gasteiger partial charge in [-0.05, 0) is 17.7 Å². The van der Waals surface area contributed by atoms with Gasteiger partial charge in [0.15, 0.2) is 0 Å². The topological polar surface area (TPSA) is 102 Å². The second-order valence-corrected chi connectivity index (χ2v) is 2.91. The Kier molecular flexibility index (Phi) is 4.38. The van der Waals surface area contributed by atoms with E-state index in [9.17, 15) is 4.79 Å². The smallest absolute Gasteiger partial charge is 0.224 e. The summed E-state index contributed by atoms with van der Waals surface area (Å²) in [6.07, 6.45) is 0.101. The largest absolute Gasteiger partial charge is 0.325 e. The average Bonchev–Trinajstić information content (AvgIpc) is 2.30. The van der Waals surface area contributed by atoms with Crippen LogP contribution in [0.25, 0.3) is 10.4 Å². The lowest BCUT2D eigenvalue weighted by Gasteiger charge is -2.05. The maximum absolute atomic E-state index is 11.4. The highest BCUT2D eigenvalue weighted by atomic mass is 16.1. The minimum Gasteiger partial charge on any atom is -0.325 e. The summed E-state index contributed by atoms with van der Waals surface area (Å²) in [6.45, 7) is 0.108. The summed E-state index contributed by atoms with van der Waals surface area (Å²) in [5.41, 5.74) is 8.91. The summed E-state index contributed by atoms with van der Waals surface area (Å²) in [5, 5.41) is 14.6. The Morgan fingerprint density at radius 2 is 2.31 bits per heavy atom. The molecule has 80 valence electrons. The van der Waals surface area contributed by atoms with E-state index in [4.69, 9.17) is 10.8 Å². The van der Waals surface area contributed by atoms with Gasteiger partial charge < -0.3 is 5.32 Å². The summed E-state index contributed by atoms with van der Waals surface area (Å²) >= 11 is 0. The number of nitriles is 1. The monoisotopic (exact) mass is 215 g/mol. The molecule has 1 amide bonds. The number of carbonyl (C=O) groups excluding carboxylic acids is 1. The first-order chi connectivity index (χ1) is 7.77. The fourth-order valence-corrected chi connectivity index (χ4v) is 1.10. The number of carbonyl (C=O) groups is 1. The number of amides is 1. The molecular formula is C10H9N5O. The molecule has 0 aliphatic heterocycles. The van der Waals surface area contributed by atoms with Crippen molar-refractivity contribution in [2.24, 2.45) is 5.11 Å². The summed E-state index contributed by atoms with van der Waals surface area (Å²) in [4.78, 5) is 13.9. The van der Waals surface area contributed by atoms with Gasteiger partial charge in [0, 0.05) is 17.9 Å². The highest BCUT2D eigenvalue weighted by molar-refractivity contribution is 5.92. The molecule has 1 aromatic rings. The quantitative estimate of drug-likeness (QED) is 0.472. The Bertz CT molecular complexity index is 470. The van der Waals surface area contributed by atoms with Gasteiger partial charge in [-0.15, -0.1) is 0 Å². The van der Waals surface area contributed by atoms with E-state index in [0.29, 0.717) is 11.3 Å². The van der Waals surface area contributed by atoms with Gasteiger partial charge in [-0.25, -0.2) is 0 Å². The minimum atomic E-state index is -0.282. The van der Waals surface area contributed by atoms with E-state index in [1.165, 1.54) is 0 Å². The number of anilines is 1. The molecule has 0 bridgehead atoms. The van der Waals surface area contributed by atoms with Gasteiger partial charge >= 0.3 is 0 Å². The molecule has 0 aromatic heterocycles. The van der Waals surface area contributed by atoms with Crippen molar-refractivity contribution in [2.75, 3.05) is 11.9 Å². The lowest BCUT2D eigenvalue weighted by atomic mass is 10.2. The second-order valence-electron chi connectivity index (χ2n) is 2.91. The van der Waals surface area contributed by atoms with Crippen LogP contribution in [0.3, 0.4) is 0 Å². The van der Waals surface area contributed by atoms with Gasteiger partial charge in [-0.2, -0.15) is 5.26 Å². The Morgan fingerprint density at radius 1 is 1.56 bits per heavy atom. The third-order valence-electron chi connectivity index (χ3n) is 1.82. The predicted octanol–water partition coefficient (Wildman–Crippen LogP) is 2.20. The summed E-state index contributed by atoms with van der Waals surface area (Å²) in [6, 6.07) is 8.67. The molecule has 0 saturated heterocycles. The molecule has 6 heteroatoms. The summed E-state index contributed by atoms with van der Waals surface area (Å²) in [5.74, 6) is -0.282. The number of hydrogen-bond donors (Lipinski definition) is 1. The van der Waals surface area contributed by atoms with Crippen molar-refractivity contribution in [3.8, 4) is 6.07 Å². The number of para-hydroxylation sites is 1. The second kappa shape index (κ2) is 6.06. The van der Waals surface area contributed by atoms with Crippen molar-refractivity contribution >= 4 is 11.6 Å². The minimum absolute atomic E-state index is 0.101. The molecule has 1 N–H and O–H groups in total. The molecule has 0 spiro atoms. The lowest BCUT2D eigenvalue weighted by molar-refractivity contribution is -0.116. The molecule has 16 heavy (non-hydrogen) atoms. The van der Waals surface area contributed by atoms with Crippen LogP contribution in [0.1, 0.15) is 12.0 Å². The van der Waals surface area contributed by atoms with Crippen LogP contribution < -0.4 is 5.32 Å². The number of nitrogens with one attached hydrogen (secondary N) is 1. The Balaban J connectivity index is 2.63. The van der Waals surface area contributed by atoms with Crippen molar-refractivity contribution in [2.45, 2.75) is 6.42 Å². The van der Waals surface area contributed by atoms with Crippen LogP contribution in [0.15, 0.2) is 29.4 Å². The van der Waals surface area contributed by atoms with Crippen molar-refractivity contribution in [3.63, 3.8) is 0 Å². The Hall–Kier alpha value is -2.51. The van der Waals surface area contributed by atoms with E-state index in [1.54, 1.807) is 24.3 Å². The summed E-state index contributed by atoms with van der Waals surface area (Å²) in [7, 11) is 0. The van der Waals surface area contributed by atoms with Crippen LogP contribution in [0.2, 0.25) is 0 Å². The molecule has 1 aromatic carbocycles. The van der Waals surface area contributed by atoms with Gasteiger partial charge in [0.25, 0.3) is 0 Å². The molecule has 0 saturated carbocycles. The van der Waals surface area contributed by atoms with E-state index in [2.05, 4.69) is 15.3 Å². The molecule has 0 atom stereocenters. The third kappa shape index (κ3) is 3.33. The zero-order valence-corrected chi connectivity index (χ0v) is 8.42. The first kappa shape index (κ1) is 11.6. The van der Waals surface area contributed by atoms with Gasteiger partial charge in [-0.1, -0.05) is 17.2 Å². The highest BCUT2D eigenvalue weighted by Crippen LogP contribution is 2.13. The zero-order chi connectivity index (χ0) is 11.8. The highest BCUT2D eigenvalue weighted by Gasteiger charge is 2.04. The number of hydrogen-bond acceptors (Lipinski definition) is 3. The van der Waals surface area contributed by atoms with Crippen LogP contribution in [-0.2, 0) is 4.79 Å². The van der Waals surface area contributed by atoms with E-state index in [-0.39, 0.29) is 18.9 Å². The van der Waals surface area contributed by atoms with E-state index in [1.807, 2.05) is 6.07 Å². The maximum atomic E-state index is 11.4. The van der Waals surface area contributed by atoms with E-state index < -0.39 is 0 Å². The van der Waals surface area contributed by atoms with Crippen LogP contribution in [0.4, 0.5) is 5.69 Å². The SMILES string of the molecule is N#Cc1ccccc1NC(=O)CCN=[N+]=[N-]. The predicted molar refractivity (Wildman–Crippen MR) is 58.4 cm³/mol. The Morgan fingerprint density at radius 3 is 3.00 bits per heavy atom. The molecule has 0 radical (unpaired) electrons. The van der Waals surface area contributed by atoms with Crippen molar-refractivity contribution in [1.29, 1.82) is 5.26 Å².